The summed E-state index contributed by atoms with van der Waals surface area (Å²) in [4.78, 5) is 16.9. The van der Waals surface area contributed by atoms with Crippen LogP contribution in [0.3, 0.4) is 0 Å². The molecule has 0 saturated carbocycles. The van der Waals surface area contributed by atoms with Crippen molar-refractivity contribution in [3.63, 3.8) is 0 Å². The molecule has 1 aromatic carbocycles. The van der Waals surface area contributed by atoms with E-state index in [0.29, 0.717) is 25.6 Å². The second-order valence-corrected chi connectivity index (χ2v) is 6.42. The van der Waals surface area contributed by atoms with Crippen molar-refractivity contribution in [2.75, 3.05) is 5.32 Å². The Balaban J connectivity index is 1.96. The zero-order chi connectivity index (χ0) is 13.4. The Hall–Kier alpha value is -1.14. The van der Waals surface area contributed by atoms with Crippen LogP contribution in [-0.2, 0) is 0 Å². The van der Waals surface area contributed by atoms with Gasteiger partial charge in [-0.15, -0.1) is 11.3 Å². The smallest absolute Gasteiger partial charge is 0.267 e. The molecule has 0 aliphatic carbocycles. The first-order valence-corrected chi connectivity index (χ1v) is 7.70. The SMILES string of the molecule is O=C(Nc1nc2c(Cl)ccc(Cl)c2s1)c1cccs1. The number of rotatable bonds is 2. The van der Waals surface area contributed by atoms with Crippen molar-refractivity contribution in [1.29, 1.82) is 0 Å². The molecule has 0 fully saturated rings. The van der Waals surface area contributed by atoms with Gasteiger partial charge in [-0.2, -0.15) is 0 Å². The topological polar surface area (TPSA) is 42.0 Å². The molecule has 3 aromatic rings. The molecule has 0 radical (unpaired) electrons. The molecule has 3 nitrogen and oxygen atoms in total. The number of amides is 1. The first-order chi connectivity index (χ1) is 9.15. The Morgan fingerprint density at radius 3 is 2.68 bits per heavy atom. The number of thiophene rings is 1. The van der Waals surface area contributed by atoms with Gasteiger partial charge < -0.3 is 0 Å². The van der Waals surface area contributed by atoms with E-state index >= 15 is 0 Å². The van der Waals surface area contributed by atoms with E-state index in [9.17, 15) is 4.79 Å². The van der Waals surface area contributed by atoms with Crippen molar-refractivity contribution in [3.8, 4) is 0 Å². The second-order valence-electron chi connectivity index (χ2n) is 3.66. The third-order valence-electron chi connectivity index (χ3n) is 2.41. The highest BCUT2D eigenvalue weighted by Gasteiger charge is 2.13. The van der Waals surface area contributed by atoms with Crippen molar-refractivity contribution in [2.24, 2.45) is 0 Å². The van der Waals surface area contributed by atoms with E-state index in [0.717, 1.165) is 4.70 Å². The van der Waals surface area contributed by atoms with Crippen molar-refractivity contribution in [1.82, 2.24) is 4.98 Å². The number of nitrogens with zero attached hydrogens (tertiary/aromatic N) is 1. The van der Waals surface area contributed by atoms with Gasteiger partial charge >= 0.3 is 0 Å². The second kappa shape index (κ2) is 5.09. The maximum Gasteiger partial charge on any atom is 0.267 e. The van der Waals surface area contributed by atoms with Crippen LogP contribution in [0.1, 0.15) is 9.67 Å². The summed E-state index contributed by atoms with van der Waals surface area (Å²) in [6.45, 7) is 0. The molecule has 2 aromatic heterocycles. The summed E-state index contributed by atoms with van der Waals surface area (Å²) >= 11 is 14.8. The zero-order valence-corrected chi connectivity index (χ0v) is 12.5. The number of carbonyl (C=O) groups is 1. The highest BCUT2D eigenvalue weighted by atomic mass is 35.5. The van der Waals surface area contributed by atoms with Crippen molar-refractivity contribution in [3.05, 3.63) is 44.6 Å². The minimum absolute atomic E-state index is 0.179. The van der Waals surface area contributed by atoms with E-state index in [4.69, 9.17) is 23.2 Å². The Kier molecular flexibility index (Phi) is 3.45. The van der Waals surface area contributed by atoms with Gasteiger partial charge in [0.05, 0.1) is 19.6 Å². The molecule has 2 heterocycles. The quantitative estimate of drug-likeness (QED) is 0.725. The normalized spacial score (nSPS) is 10.8. The van der Waals surface area contributed by atoms with Crippen LogP contribution in [0.4, 0.5) is 5.13 Å². The number of hydrogen-bond acceptors (Lipinski definition) is 4. The van der Waals surface area contributed by atoms with Crippen LogP contribution in [-0.4, -0.2) is 10.9 Å². The van der Waals surface area contributed by atoms with E-state index in [1.54, 1.807) is 18.2 Å². The number of thiazole rings is 1. The molecule has 19 heavy (non-hydrogen) atoms. The number of aromatic nitrogens is 1. The highest BCUT2D eigenvalue weighted by molar-refractivity contribution is 7.23. The monoisotopic (exact) mass is 328 g/mol. The van der Waals surface area contributed by atoms with E-state index in [1.165, 1.54) is 22.7 Å². The number of fused-ring (bicyclic) bond motifs is 1. The zero-order valence-electron chi connectivity index (χ0n) is 9.31. The maximum atomic E-state index is 11.9. The largest absolute Gasteiger partial charge is 0.297 e. The van der Waals surface area contributed by atoms with Gasteiger partial charge in [-0.25, -0.2) is 4.98 Å². The summed E-state index contributed by atoms with van der Waals surface area (Å²) in [7, 11) is 0. The van der Waals surface area contributed by atoms with Gasteiger partial charge in [-0.1, -0.05) is 40.6 Å². The molecular formula is C12H6Cl2N2OS2. The Morgan fingerprint density at radius 1 is 1.21 bits per heavy atom. The lowest BCUT2D eigenvalue weighted by Gasteiger charge is -1.96. The molecule has 96 valence electrons. The number of halogens is 2. The van der Waals surface area contributed by atoms with E-state index < -0.39 is 0 Å². The number of carbonyl (C=O) groups excluding carboxylic acids is 1. The summed E-state index contributed by atoms with van der Waals surface area (Å²) in [6, 6.07) is 6.99. The fourth-order valence-electron chi connectivity index (χ4n) is 1.56. The number of anilines is 1. The highest BCUT2D eigenvalue weighted by Crippen LogP contribution is 2.36. The lowest BCUT2D eigenvalue weighted by atomic mass is 10.3. The lowest BCUT2D eigenvalue weighted by molar-refractivity contribution is 0.103. The third kappa shape index (κ3) is 2.47. The summed E-state index contributed by atoms with van der Waals surface area (Å²) in [5, 5.41) is 6.19. The molecular weight excluding hydrogens is 323 g/mol. The van der Waals surface area contributed by atoms with Crippen molar-refractivity contribution in [2.45, 2.75) is 0 Å². The Labute approximate surface area is 126 Å². The van der Waals surface area contributed by atoms with E-state index in [1.807, 2.05) is 11.4 Å². The molecule has 0 saturated heterocycles. The Morgan fingerprint density at radius 2 is 2.00 bits per heavy atom. The molecule has 0 unspecified atom stereocenters. The van der Waals surface area contributed by atoms with Gasteiger partial charge in [0.15, 0.2) is 5.13 Å². The molecule has 1 amide bonds. The molecule has 7 heteroatoms. The molecule has 0 spiro atoms. The minimum Gasteiger partial charge on any atom is -0.297 e. The van der Waals surface area contributed by atoms with Crippen LogP contribution >= 0.6 is 45.9 Å². The lowest BCUT2D eigenvalue weighted by Crippen LogP contribution is -2.09. The van der Waals surface area contributed by atoms with E-state index in [-0.39, 0.29) is 5.91 Å². The van der Waals surface area contributed by atoms with E-state index in [2.05, 4.69) is 10.3 Å². The first-order valence-electron chi connectivity index (χ1n) is 5.24. The summed E-state index contributed by atoms with van der Waals surface area (Å²) in [6.07, 6.45) is 0. The van der Waals surface area contributed by atoms with Gasteiger partial charge in [0.2, 0.25) is 0 Å². The summed E-state index contributed by atoms with van der Waals surface area (Å²) < 4.78 is 0.774. The molecule has 0 atom stereocenters. The number of nitrogens with one attached hydrogen (secondary N) is 1. The Bertz CT molecular complexity index is 714. The average molecular weight is 329 g/mol. The van der Waals surface area contributed by atoms with Gasteiger partial charge in [-0.3, -0.25) is 10.1 Å². The van der Waals surface area contributed by atoms with Crippen LogP contribution < -0.4 is 5.32 Å². The molecule has 0 aliphatic heterocycles. The fraction of sp³-hybridized carbons (Fsp3) is 0. The standard InChI is InChI=1S/C12H6Cl2N2OS2/c13-6-3-4-7(14)10-9(6)15-12(19-10)16-11(17)8-2-1-5-18-8/h1-5H,(H,15,16,17). The van der Waals surface area contributed by atoms with Crippen molar-refractivity contribution < 1.29 is 4.79 Å². The average Bonchev–Trinajstić information content (AvgIpc) is 3.02. The first kappa shape index (κ1) is 12.9. The van der Waals surface area contributed by atoms with Gasteiger partial charge in [0.1, 0.15) is 5.52 Å². The van der Waals surface area contributed by atoms with Crippen molar-refractivity contribution >= 4 is 67.1 Å². The van der Waals surface area contributed by atoms with Crippen LogP contribution in [0.15, 0.2) is 29.6 Å². The van der Waals surface area contributed by atoms with Gasteiger partial charge in [0.25, 0.3) is 5.91 Å². The number of hydrogen-bond donors (Lipinski definition) is 1. The molecule has 0 aliphatic rings. The van der Waals surface area contributed by atoms with Gasteiger partial charge in [0, 0.05) is 0 Å². The maximum absolute atomic E-state index is 11.9. The van der Waals surface area contributed by atoms with Crippen LogP contribution in [0.5, 0.6) is 0 Å². The predicted octanol–water partition coefficient (Wildman–Crippen LogP) is 4.92. The van der Waals surface area contributed by atoms with Crippen LogP contribution in [0.25, 0.3) is 10.2 Å². The fourth-order valence-corrected chi connectivity index (χ4v) is 3.60. The predicted molar refractivity (Wildman–Crippen MR) is 81.9 cm³/mol. The van der Waals surface area contributed by atoms with Crippen LogP contribution in [0, 0.1) is 0 Å². The molecule has 0 bridgehead atoms. The van der Waals surface area contributed by atoms with Crippen LogP contribution in [0.2, 0.25) is 10.0 Å². The number of benzene rings is 1. The molecule has 3 rings (SSSR count). The third-order valence-corrected chi connectivity index (χ3v) is 5.02. The molecule has 1 N–H and O–H groups in total. The summed E-state index contributed by atoms with van der Waals surface area (Å²) in [5.74, 6) is -0.179. The summed E-state index contributed by atoms with van der Waals surface area (Å²) in [5.41, 5.74) is 0.612. The minimum atomic E-state index is -0.179. The van der Waals surface area contributed by atoms with Gasteiger partial charge in [-0.05, 0) is 23.6 Å².